The van der Waals surface area contributed by atoms with Crippen molar-refractivity contribution in [3.05, 3.63) is 29.3 Å². The molecule has 1 fully saturated rings. The Morgan fingerprint density at radius 3 is 3.00 bits per heavy atom. The molecule has 0 aromatic heterocycles. The Kier molecular flexibility index (Phi) is 5.23. The predicted molar refractivity (Wildman–Crippen MR) is 77.5 cm³/mol. The van der Waals surface area contributed by atoms with Crippen molar-refractivity contribution in [1.82, 2.24) is 0 Å². The molecule has 1 saturated heterocycles. The molecule has 1 unspecified atom stereocenters. The van der Waals surface area contributed by atoms with Gasteiger partial charge in [0, 0.05) is 18.2 Å². The second-order valence-electron chi connectivity index (χ2n) is 5.46. The maximum absolute atomic E-state index is 5.97. The van der Waals surface area contributed by atoms with Gasteiger partial charge in [0.15, 0.2) is 0 Å². The van der Waals surface area contributed by atoms with Crippen LogP contribution in [0, 0.1) is 6.92 Å². The molecule has 106 valence electrons. The third-order valence-electron chi connectivity index (χ3n) is 3.61. The van der Waals surface area contributed by atoms with Crippen LogP contribution in [0.2, 0.25) is 0 Å². The van der Waals surface area contributed by atoms with Crippen molar-refractivity contribution >= 4 is 0 Å². The maximum atomic E-state index is 5.97. The van der Waals surface area contributed by atoms with Crippen molar-refractivity contribution in [1.29, 1.82) is 0 Å². The van der Waals surface area contributed by atoms with Gasteiger partial charge < -0.3 is 15.2 Å². The third-order valence-corrected chi connectivity index (χ3v) is 3.61. The highest BCUT2D eigenvalue weighted by Crippen LogP contribution is 2.25. The monoisotopic (exact) mass is 263 g/mol. The summed E-state index contributed by atoms with van der Waals surface area (Å²) in [7, 11) is 0. The lowest BCUT2D eigenvalue weighted by Gasteiger charge is -2.15. The fourth-order valence-corrected chi connectivity index (χ4v) is 2.51. The minimum Gasteiger partial charge on any atom is -0.493 e. The van der Waals surface area contributed by atoms with Gasteiger partial charge >= 0.3 is 0 Å². The molecule has 3 nitrogen and oxygen atoms in total. The van der Waals surface area contributed by atoms with Crippen LogP contribution >= 0.6 is 0 Å². The van der Waals surface area contributed by atoms with E-state index in [1.807, 2.05) is 6.92 Å². The molecule has 2 N–H and O–H groups in total. The van der Waals surface area contributed by atoms with Gasteiger partial charge in [-0.1, -0.05) is 12.1 Å². The molecule has 1 heterocycles. The van der Waals surface area contributed by atoms with E-state index in [0.29, 0.717) is 6.10 Å². The molecule has 1 aromatic carbocycles. The Bertz CT molecular complexity index is 398. The van der Waals surface area contributed by atoms with Crippen LogP contribution in [0.5, 0.6) is 5.75 Å². The Morgan fingerprint density at radius 2 is 2.32 bits per heavy atom. The molecule has 3 heteroatoms. The zero-order chi connectivity index (χ0) is 13.7. The molecule has 0 radical (unpaired) electrons. The lowest BCUT2D eigenvalue weighted by atomic mass is 10.1. The molecular formula is C16H25NO2. The molecule has 2 atom stereocenters. The molecule has 0 saturated carbocycles. The number of aryl methyl sites for hydroxylation is 1. The highest BCUT2D eigenvalue weighted by atomic mass is 16.5. The topological polar surface area (TPSA) is 44.5 Å². The van der Waals surface area contributed by atoms with Crippen molar-refractivity contribution in [2.75, 3.05) is 13.2 Å². The van der Waals surface area contributed by atoms with Crippen LogP contribution in [0.4, 0.5) is 0 Å². The second kappa shape index (κ2) is 6.92. The van der Waals surface area contributed by atoms with E-state index in [-0.39, 0.29) is 6.04 Å². The van der Waals surface area contributed by atoms with Crippen LogP contribution in [0.25, 0.3) is 0 Å². The third kappa shape index (κ3) is 4.22. The molecule has 2 rings (SSSR count). The van der Waals surface area contributed by atoms with Crippen LogP contribution in [0.1, 0.15) is 49.8 Å². The first kappa shape index (κ1) is 14.4. The van der Waals surface area contributed by atoms with Gasteiger partial charge in [-0.15, -0.1) is 0 Å². The molecular weight excluding hydrogens is 238 g/mol. The lowest BCUT2D eigenvalue weighted by molar-refractivity contribution is 0.0980. The van der Waals surface area contributed by atoms with E-state index in [0.717, 1.165) is 37.4 Å². The van der Waals surface area contributed by atoms with E-state index >= 15 is 0 Å². The predicted octanol–water partition coefficient (Wildman–Crippen LogP) is 3.35. The van der Waals surface area contributed by atoms with Gasteiger partial charge in [0.05, 0.1) is 12.7 Å². The van der Waals surface area contributed by atoms with Gasteiger partial charge in [0.1, 0.15) is 5.75 Å². The Hall–Kier alpha value is -1.06. The fraction of sp³-hybridized carbons (Fsp3) is 0.625. The first-order chi connectivity index (χ1) is 9.16. The van der Waals surface area contributed by atoms with Gasteiger partial charge in [-0.25, -0.2) is 0 Å². The van der Waals surface area contributed by atoms with Crippen LogP contribution in [0.3, 0.4) is 0 Å². The Labute approximate surface area is 116 Å². The molecule has 1 aromatic rings. The summed E-state index contributed by atoms with van der Waals surface area (Å²) in [6.07, 6.45) is 5.00. The summed E-state index contributed by atoms with van der Waals surface area (Å²) < 4.78 is 11.5. The zero-order valence-electron chi connectivity index (χ0n) is 12.0. The minimum absolute atomic E-state index is 0.00812. The number of ether oxygens (including phenoxy) is 2. The molecule has 1 aliphatic heterocycles. The molecule has 0 aliphatic carbocycles. The average molecular weight is 263 g/mol. The van der Waals surface area contributed by atoms with E-state index in [4.69, 9.17) is 15.2 Å². The van der Waals surface area contributed by atoms with Gasteiger partial charge in [-0.2, -0.15) is 0 Å². The van der Waals surface area contributed by atoms with E-state index in [1.165, 1.54) is 18.4 Å². The summed E-state index contributed by atoms with van der Waals surface area (Å²) in [6, 6.07) is 6.23. The van der Waals surface area contributed by atoms with Crippen LogP contribution in [-0.2, 0) is 4.74 Å². The Balaban J connectivity index is 1.82. The van der Waals surface area contributed by atoms with Crippen molar-refractivity contribution in [3.8, 4) is 5.75 Å². The summed E-state index contributed by atoms with van der Waals surface area (Å²) in [5.41, 5.74) is 8.26. The van der Waals surface area contributed by atoms with Crippen molar-refractivity contribution in [2.45, 2.75) is 51.7 Å². The average Bonchev–Trinajstić information content (AvgIpc) is 2.87. The van der Waals surface area contributed by atoms with E-state index in [9.17, 15) is 0 Å². The maximum Gasteiger partial charge on any atom is 0.124 e. The highest BCUT2D eigenvalue weighted by Gasteiger charge is 2.15. The van der Waals surface area contributed by atoms with Crippen molar-refractivity contribution < 1.29 is 9.47 Å². The summed E-state index contributed by atoms with van der Waals surface area (Å²) in [6.45, 7) is 5.73. The Morgan fingerprint density at radius 1 is 1.47 bits per heavy atom. The number of rotatable bonds is 6. The largest absolute Gasteiger partial charge is 0.493 e. The molecule has 0 amide bonds. The number of nitrogens with two attached hydrogens (primary N) is 1. The molecule has 0 bridgehead atoms. The summed E-state index contributed by atoms with van der Waals surface area (Å²) >= 11 is 0. The smallest absolute Gasteiger partial charge is 0.124 e. The quantitative estimate of drug-likeness (QED) is 0.800. The van der Waals surface area contributed by atoms with Gasteiger partial charge in [0.2, 0.25) is 0 Å². The number of hydrogen-bond donors (Lipinski definition) is 1. The van der Waals surface area contributed by atoms with E-state index < -0.39 is 0 Å². The van der Waals surface area contributed by atoms with Gasteiger partial charge in [-0.05, 0) is 51.2 Å². The van der Waals surface area contributed by atoms with Gasteiger partial charge in [-0.3, -0.25) is 0 Å². The van der Waals surface area contributed by atoms with Crippen LogP contribution in [0.15, 0.2) is 18.2 Å². The van der Waals surface area contributed by atoms with E-state index in [1.54, 1.807) is 0 Å². The number of hydrogen-bond acceptors (Lipinski definition) is 3. The van der Waals surface area contributed by atoms with Crippen LogP contribution < -0.4 is 10.5 Å². The standard InChI is InChI=1S/C16H25NO2/c1-12-7-8-15(13(2)17)16(11-12)19-10-4-6-14-5-3-9-18-14/h7-8,11,13-14H,3-6,9-10,17H2,1-2H3/t13-,14?/m1/s1. The van der Waals surface area contributed by atoms with Crippen LogP contribution in [-0.4, -0.2) is 19.3 Å². The first-order valence-corrected chi connectivity index (χ1v) is 7.27. The van der Waals surface area contributed by atoms with E-state index in [2.05, 4.69) is 25.1 Å². The zero-order valence-corrected chi connectivity index (χ0v) is 12.0. The first-order valence-electron chi connectivity index (χ1n) is 7.27. The lowest BCUT2D eigenvalue weighted by Crippen LogP contribution is -2.11. The summed E-state index contributed by atoms with van der Waals surface area (Å²) in [4.78, 5) is 0. The van der Waals surface area contributed by atoms with Crippen molar-refractivity contribution in [3.63, 3.8) is 0 Å². The SMILES string of the molecule is Cc1ccc([C@@H](C)N)c(OCCCC2CCCO2)c1. The number of benzene rings is 1. The summed E-state index contributed by atoms with van der Waals surface area (Å²) in [5.74, 6) is 0.933. The summed E-state index contributed by atoms with van der Waals surface area (Å²) in [5, 5.41) is 0. The minimum atomic E-state index is 0.00812. The van der Waals surface area contributed by atoms with Gasteiger partial charge in [0.25, 0.3) is 0 Å². The fourth-order valence-electron chi connectivity index (χ4n) is 2.51. The molecule has 19 heavy (non-hydrogen) atoms. The molecule has 1 aliphatic rings. The molecule has 0 spiro atoms. The second-order valence-corrected chi connectivity index (χ2v) is 5.46. The highest BCUT2D eigenvalue weighted by molar-refractivity contribution is 5.38. The normalized spacial score (nSPS) is 20.5. The van der Waals surface area contributed by atoms with Crippen molar-refractivity contribution in [2.24, 2.45) is 5.73 Å².